The fourth-order valence-electron chi connectivity index (χ4n) is 1.10. The fourth-order valence-corrected chi connectivity index (χ4v) is 1.10. The molecule has 2 unspecified atom stereocenters. The van der Waals surface area contributed by atoms with E-state index >= 15 is 0 Å². The third-order valence-electron chi connectivity index (χ3n) is 1.84. The lowest BCUT2D eigenvalue weighted by molar-refractivity contribution is 0.718. The molecule has 1 nitrogen and oxygen atoms in total. The zero-order chi connectivity index (χ0) is 5.98. The van der Waals surface area contributed by atoms with Crippen molar-refractivity contribution in [3.63, 3.8) is 0 Å². The fraction of sp³-hybridized carbons (Fsp3) is 0.714. The number of hydrogen-bond donors (Lipinski definition) is 1. The maximum Gasteiger partial charge on any atom is -0.00460 e. The number of allylic oxidation sites excluding steroid dienone is 1. The molecule has 8 heavy (non-hydrogen) atoms. The van der Waals surface area contributed by atoms with Gasteiger partial charge in [0.25, 0.3) is 0 Å². The zero-order valence-electron chi connectivity index (χ0n) is 5.14. The van der Waals surface area contributed by atoms with E-state index in [1.807, 2.05) is 6.08 Å². The Morgan fingerprint density at radius 1 is 1.62 bits per heavy atom. The third kappa shape index (κ3) is 1.10. The molecule has 0 aliphatic heterocycles. The van der Waals surface area contributed by atoms with Crippen LogP contribution < -0.4 is 5.73 Å². The molecule has 1 fully saturated rings. The van der Waals surface area contributed by atoms with Gasteiger partial charge < -0.3 is 5.73 Å². The van der Waals surface area contributed by atoms with Gasteiger partial charge in [-0.3, -0.25) is 0 Å². The molecule has 1 saturated carbocycles. The second-order valence-electron chi connectivity index (χ2n) is 2.52. The summed E-state index contributed by atoms with van der Waals surface area (Å²) in [5, 5.41) is 0. The van der Waals surface area contributed by atoms with Gasteiger partial charge in [0.05, 0.1) is 0 Å². The Morgan fingerprint density at radius 2 is 2.38 bits per heavy atom. The maximum atomic E-state index is 5.42. The quantitative estimate of drug-likeness (QED) is 0.543. The number of hydrogen-bond acceptors (Lipinski definition) is 1. The van der Waals surface area contributed by atoms with Gasteiger partial charge >= 0.3 is 0 Å². The van der Waals surface area contributed by atoms with Crippen molar-refractivity contribution < 1.29 is 0 Å². The van der Waals surface area contributed by atoms with Crippen LogP contribution in [0.2, 0.25) is 0 Å². The predicted molar refractivity (Wildman–Crippen MR) is 35.5 cm³/mol. The molecule has 2 N–H and O–H groups in total. The summed E-state index contributed by atoms with van der Waals surface area (Å²) < 4.78 is 0. The molecule has 1 aliphatic rings. The van der Waals surface area contributed by atoms with Gasteiger partial charge in [0.1, 0.15) is 0 Å². The van der Waals surface area contributed by atoms with Gasteiger partial charge in [-0.2, -0.15) is 0 Å². The average molecular weight is 111 g/mol. The highest BCUT2D eigenvalue weighted by Crippen LogP contribution is 2.40. The van der Waals surface area contributed by atoms with Crippen molar-refractivity contribution in [3.8, 4) is 0 Å². The van der Waals surface area contributed by atoms with Gasteiger partial charge in [-0.05, 0) is 31.2 Å². The summed E-state index contributed by atoms with van der Waals surface area (Å²) in [6.45, 7) is 4.54. The molecule has 0 aromatic rings. The highest BCUT2D eigenvalue weighted by atomic mass is 14.6. The van der Waals surface area contributed by atoms with Gasteiger partial charge in [-0.1, -0.05) is 6.08 Å². The van der Waals surface area contributed by atoms with Crippen LogP contribution in [0.4, 0.5) is 0 Å². The molecule has 2 atom stereocenters. The van der Waals surface area contributed by atoms with Gasteiger partial charge in [-0.15, -0.1) is 6.58 Å². The molecule has 0 spiro atoms. The minimum Gasteiger partial charge on any atom is -0.330 e. The Bertz CT molecular complexity index is 88.4. The zero-order valence-corrected chi connectivity index (χ0v) is 5.14. The van der Waals surface area contributed by atoms with E-state index in [0.29, 0.717) is 0 Å². The highest BCUT2D eigenvalue weighted by Gasteiger charge is 2.33. The molecule has 0 amide bonds. The lowest BCUT2D eigenvalue weighted by Crippen LogP contribution is -2.01. The van der Waals surface area contributed by atoms with Crippen molar-refractivity contribution in [1.29, 1.82) is 0 Å². The van der Waals surface area contributed by atoms with Crippen molar-refractivity contribution >= 4 is 0 Å². The average Bonchev–Trinajstić information content (AvgIpc) is 2.48. The first-order chi connectivity index (χ1) is 3.88. The van der Waals surface area contributed by atoms with E-state index in [2.05, 4.69) is 6.58 Å². The van der Waals surface area contributed by atoms with Crippen molar-refractivity contribution in [3.05, 3.63) is 12.7 Å². The lowest BCUT2D eigenvalue weighted by atomic mass is 10.2. The van der Waals surface area contributed by atoms with Gasteiger partial charge in [0, 0.05) is 0 Å². The smallest absolute Gasteiger partial charge is 0.00460 e. The van der Waals surface area contributed by atoms with E-state index in [4.69, 9.17) is 5.73 Å². The van der Waals surface area contributed by atoms with Gasteiger partial charge in [-0.25, -0.2) is 0 Å². The molecule has 1 rings (SSSR count). The molecule has 0 heterocycles. The van der Waals surface area contributed by atoms with Gasteiger partial charge in [0.2, 0.25) is 0 Å². The molecule has 0 bridgehead atoms. The second-order valence-corrected chi connectivity index (χ2v) is 2.52. The normalized spacial score (nSPS) is 34.6. The van der Waals surface area contributed by atoms with E-state index < -0.39 is 0 Å². The van der Waals surface area contributed by atoms with Crippen LogP contribution in [0.3, 0.4) is 0 Å². The van der Waals surface area contributed by atoms with Crippen LogP contribution in [0.15, 0.2) is 12.7 Å². The largest absolute Gasteiger partial charge is 0.330 e. The SMILES string of the molecule is C=CCC1CC1CN. The Balaban J connectivity index is 2.07. The Morgan fingerprint density at radius 3 is 2.75 bits per heavy atom. The van der Waals surface area contributed by atoms with Crippen LogP contribution in [0, 0.1) is 11.8 Å². The first-order valence-electron chi connectivity index (χ1n) is 3.19. The minimum atomic E-state index is 0.827. The van der Waals surface area contributed by atoms with Crippen LogP contribution in [-0.2, 0) is 0 Å². The molecular formula is C7H13N. The van der Waals surface area contributed by atoms with Gasteiger partial charge in [0.15, 0.2) is 0 Å². The molecule has 1 aliphatic carbocycles. The van der Waals surface area contributed by atoms with E-state index in [0.717, 1.165) is 18.4 Å². The van der Waals surface area contributed by atoms with E-state index in [1.165, 1.54) is 12.8 Å². The standard InChI is InChI=1S/C7H13N/c1-2-3-6-4-7(6)5-8/h2,6-7H,1,3-5,8H2. The summed E-state index contributed by atoms with van der Waals surface area (Å²) in [4.78, 5) is 0. The first kappa shape index (κ1) is 5.83. The summed E-state index contributed by atoms with van der Waals surface area (Å²) >= 11 is 0. The van der Waals surface area contributed by atoms with Crippen LogP contribution >= 0.6 is 0 Å². The Hall–Kier alpha value is -0.300. The van der Waals surface area contributed by atoms with E-state index in [9.17, 15) is 0 Å². The molecule has 0 radical (unpaired) electrons. The molecule has 0 aromatic heterocycles. The summed E-state index contributed by atoms with van der Waals surface area (Å²) in [5.41, 5.74) is 5.42. The van der Waals surface area contributed by atoms with E-state index in [1.54, 1.807) is 0 Å². The summed E-state index contributed by atoms with van der Waals surface area (Å²) in [5.74, 6) is 1.71. The van der Waals surface area contributed by atoms with Crippen LogP contribution in [0.1, 0.15) is 12.8 Å². The molecule has 1 heteroatoms. The molecular weight excluding hydrogens is 98.1 g/mol. The molecule has 0 aromatic carbocycles. The first-order valence-corrected chi connectivity index (χ1v) is 3.19. The van der Waals surface area contributed by atoms with Crippen molar-refractivity contribution in [2.45, 2.75) is 12.8 Å². The maximum absolute atomic E-state index is 5.42. The molecule has 0 saturated heterocycles. The van der Waals surface area contributed by atoms with E-state index in [-0.39, 0.29) is 0 Å². The number of rotatable bonds is 3. The van der Waals surface area contributed by atoms with Crippen molar-refractivity contribution in [1.82, 2.24) is 0 Å². The van der Waals surface area contributed by atoms with Crippen LogP contribution in [-0.4, -0.2) is 6.54 Å². The van der Waals surface area contributed by atoms with Crippen molar-refractivity contribution in [2.75, 3.05) is 6.54 Å². The molecule has 46 valence electrons. The van der Waals surface area contributed by atoms with Crippen LogP contribution in [0.5, 0.6) is 0 Å². The summed E-state index contributed by atoms with van der Waals surface area (Å²) in [7, 11) is 0. The minimum absolute atomic E-state index is 0.827. The van der Waals surface area contributed by atoms with Crippen molar-refractivity contribution in [2.24, 2.45) is 17.6 Å². The summed E-state index contributed by atoms with van der Waals surface area (Å²) in [6, 6.07) is 0. The number of nitrogens with two attached hydrogens (primary N) is 1. The summed E-state index contributed by atoms with van der Waals surface area (Å²) in [6.07, 6.45) is 4.49. The lowest BCUT2D eigenvalue weighted by Gasteiger charge is -1.87. The third-order valence-corrected chi connectivity index (χ3v) is 1.84. The monoisotopic (exact) mass is 111 g/mol. The predicted octanol–water partition coefficient (Wildman–Crippen LogP) is 1.16. The van der Waals surface area contributed by atoms with Crippen LogP contribution in [0.25, 0.3) is 0 Å². The Labute approximate surface area is 50.6 Å². The topological polar surface area (TPSA) is 26.0 Å². The Kier molecular flexibility index (Phi) is 1.69. The highest BCUT2D eigenvalue weighted by molar-refractivity contribution is 4.91. The second kappa shape index (κ2) is 2.31.